The van der Waals surface area contributed by atoms with Crippen LogP contribution in [0.15, 0.2) is 35.1 Å². The van der Waals surface area contributed by atoms with Gasteiger partial charge in [0.05, 0.1) is 6.04 Å². The maximum atomic E-state index is 12.5. The molecule has 0 radical (unpaired) electrons. The summed E-state index contributed by atoms with van der Waals surface area (Å²) < 4.78 is 0. The van der Waals surface area contributed by atoms with Gasteiger partial charge in [0.25, 0.3) is 0 Å². The molecule has 2 aromatic rings. The maximum absolute atomic E-state index is 12.5. The zero-order chi connectivity index (χ0) is 16.2. The fourth-order valence-electron chi connectivity index (χ4n) is 2.96. The van der Waals surface area contributed by atoms with E-state index < -0.39 is 0 Å². The molecule has 1 fully saturated rings. The van der Waals surface area contributed by atoms with Crippen molar-refractivity contribution in [3.63, 3.8) is 0 Å². The highest BCUT2D eigenvalue weighted by molar-refractivity contribution is 5.74. The lowest BCUT2D eigenvalue weighted by molar-refractivity contribution is 0.175. The Labute approximate surface area is 134 Å². The number of amides is 2. The minimum Gasteiger partial charge on any atom is -0.331 e. The van der Waals surface area contributed by atoms with Crippen LogP contribution in [0.5, 0.6) is 0 Å². The van der Waals surface area contributed by atoms with Crippen LogP contribution >= 0.6 is 0 Å². The Balaban J connectivity index is 1.62. The van der Waals surface area contributed by atoms with E-state index in [1.54, 1.807) is 4.90 Å². The van der Waals surface area contributed by atoms with Crippen LogP contribution < -0.4 is 11.0 Å². The van der Waals surface area contributed by atoms with Crippen molar-refractivity contribution in [2.24, 2.45) is 0 Å². The largest absolute Gasteiger partial charge is 0.340 e. The van der Waals surface area contributed by atoms with Crippen LogP contribution in [-0.2, 0) is 0 Å². The molecule has 0 bridgehead atoms. The number of aromatic nitrogens is 3. The molecule has 23 heavy (non-hydrogen) atoms. The lowest BCUT2D eigenvalue weighted by atomic mass is 9.97. The number of carbonyl (C=O) groups excluding carboxylic acids is 1. The highest BCUT2D eigenvalue weighted by atomic mass is 16.2. The Morgan fingerprint density at radius 1 is 1.39 bits per heavy atom. The van der Waals surface area contributed by atoms with Crippen LogP contribution in [0.1, 0.15) is 43.1 Å². The predicted molar refractivity (Wildman–Crippen MR) is 86.1 cm³/mol. The van der Waals surface area contributed by atoms with Crippen molar-refractivity contribution < 1.29 is 4.79 Å². The summed E-state index contributed by atoms with van der Waals surface area (Å²) in [4.78, 5) is 28.1. The van der Waals surface area contributed by atoms with E-state index in [4.69, 9.17) is 0 Å². The molecule has 2 heterocycles. The molecule has 0 aliphatic carbocycles. The molecule has 1 aliphatic rings. The van der Waals surface area contributed by atoms with Gasteiger partial charge in [-0.15, -0.1) is 0 Å². The molecule has 7 heteroatoms. The highest BCUT2D eigenvalue weighted by Gasteiger charge is 2.27. The monoisotopic (exact) mass is 315 g/mol. The Hall–Kier alpha value is -2.57. The molecule has 2 amide bonds. The minimum absolute atomic E-state index is 0.0470. The Bertz CT molecular complexity index is 709. The van der Waals surface area contributed by atoms with Gasteiger partial charge in [-0.1, -0.05) is 30.3 Å². The predicted octanol–water partition coefficient (Wildman–Crippen LogP) is 1.75. The standard InChI is InChI=1S/C16H21N5O2/c1-11(12-6-3-2-4-7-12)17-16(23)21-9-5-8-13(10-21)14-18-15(22)20-19-14/h2-4,6-7,11,13H,5,8-10H2,1H3,(H,17,23)(H2,18,19,20,22). The first-order chi connectivity index (χ1) is 11.1. The molecule has 0 spiro atoms. The number of hydrogen-bond acceptors (Lipinski definition) is 3. The molecule has 7 nitrogen and oxygen atoms in total. The average molecular weight is 315 g/mol. The molecular weight excluding hydrogens is 294 g/mol. The summed E-state index contributed by atoms with van der Waals surface area (Å²) in [5, 5.41) is 9.40. The summed E-state index contributed by atoms with van der Waals surface area (Å²) in [6.45, 7) is 3.26. The second-order valence-electron chi connectivity index (χ2n) is 5.93. The van der Waals surface area contributed by atoms with E-state index in [1.165, 1.54) is 0 Å². The van der Waals surface area contributed by atoms with Gasteiger partial charge < -0.3 is 10.2 Å². The summed E-state index contributed by atoms with van der Waals surface area (Å²) in [5.74, 6) is 0.698. The number of rotatable bonds is 3. The summed E-state index contributed by atoms with van der Waals surface area (Å²) in [5.41, 5.74) is 0.769. The van der Waals surface area contributed by atoms with Gasteiger partial charge >= 0.3 is 11.7 Å². The number of carbonyl (C=O) groups is 1. The summed E-state index contributed by atoms with van der Waals surface area (Å²) in [6, 6.07) is 9.75. The molecule has 1 aromatic carbocycles. The van der Waals surface area contributed by atoms with Gasteiger partial charge in [-0.3, -0.25) is 4.98 Å². The number of aromatic amines is 2. The number of nitrogens with zero attached hydrogens (tertiary/aromatic N) is 2. The van der Waals surface area contributed by atoms with Gasteiger partial charge in [0, 0.05) is 19.0 Å². The summed E-state index contributed by atoms with van der Waals surface area (Å²) in [7, 11) is 0. The Kier molecular flexibility index (Phi) is 4.45. The van der Waals surface area contributed by atoms with Crippen molar-refractivity contribution in [2.45, 2.75) is 31.7 Å². The van der Waals surface area contributed by atoms with Gasteiger partial charge in [-0.05, 0) is 25.3 Å². The first-order valence-electron chi connectivity index (χ1n) is 7.88. The number of hydrogen-bond donors (Lipinski definition) is 3. The van der Waals surface area contributed by atoms with E-state index in [0.29, 0.717) is 12.4 Å². The van der Waals surface area contributed by atoms with Crippen molar-refractivity contribution in [1.82, 2.24) is 25.4 Å². The number of benzene rings is 1. The van der Waals surface area contributed by atoms with E-state index in [-0.39, 0.29) is 23.7 Å². The average Bonchev–Trinajstić information content (AvgIpc) is 3.02. The molecule has 122 valence electrons. The number of likely N-dealkylation sites (tertiary alicyclic amines) is 1. The molecule has 1 aromatic heterocycles. The third-order valence-corrected chi connectivity index (χ3v) is 4.25. The van der Waals surface area contributed by atoms with Gasteiger partial charge in [0.1, 0.15) is 5.82 Å². The topological polar surface area (TPSA) is 93.9 Å². The van der Waals surface area contributed by atoms with E-state index in [1.807, 2.05) is 37.3 Å². The van der Waals surface area contributed by atoms with Crippen LogP contribution in [-0.4, -0.2) is 39.2 Å². The van der Waals surface area contributed by atoms with Crippen molar-refractivity contribution in [3.8, 4) is 0 Å². The zero-order valence-corrected chi connectivity index (χ0v) is 13.1. The van der Waals surface area contributed by atoms with Crippen LogP contribution in [0.2, 0.25) is 0 Å². The fraction of sp³-hybridized carbons (Fsp3) is 0.438. The lowest BCUT2D eigenvalue weighted by Gasteiger charge is -2.32. The molecule has 3 rings (SSSR count). The SMILES string of the molecule is CC(NC(=O)N1CCCC(c2n[nH]c(=O)[nH]2)C1)c1ccccc1. The minimum atomic E-state index is -0.306. The first kappa shape index (κ1) is 15.3. The number of nitrogens with one attached hydrogen (secondary N) is 3. The van der Waals surface area contributed by atoms with Crippen LogP contribution in [0.3, 0.4) is 0 Å². The Morgan fingerprint density at radius 2 is 2.17 bits per heavy atom. The lowest BCUT2D eigenvalue weighted by Crippen LogP contribution is -2.45. The number of urea groups is 1. The van der Waals surface area contributed by atoms with Gasteiger partial charge in [0.15, 0.2) is 0 Å². The highest BCUT2D eigenvalue weighted by Crippen LogP contribution is 2.24. The molecule has 1 saturated heterocycles. The molecule has 2 unspecified atom stereocenters. The normalized spacial score (nSPS) is 19.3. The second kappa shape index (κ2) is 6.68. The number of H-pyrrole nitrogens is 2. The third-order valence-electron chi connectivity index (χ3n) is 4.25. The molecule has 3 N–H and O–H groups in total. The van der Waals surface area contributed by atoms with Gasteiger partial charge in [0.2, 0.25) is 0 Å². The van der Waals surface area contributed by atoms with E-state index >= 15 is 0 Å². The zero-order valence-electron chi connectivity index (χ0n) is 13.1. The molecule has 1 aliphatic heterocycles. The third kappa shape index (κ3) is 3.61. The van der Waals surface area contributed by atoms with E-state index in [9.17, 15) is 9.59 Å². The Morgan fingerprint density at radius 3 is 2.87 bits per heavy atom. The molecule has 2 atom stereocenters. The quantitative estimate of drug-likeness (QED) is 0.805. The summed E-state index contributed by atoms with van der Waals surface area (Å²) >= 11 is 0. The van der Waals surface area contributed by atoms with Crippen molar-refractivity contribution in [2.75, 3.05) is 13.1 Å². The van der Waals surface area contributed by atoms with Crippen LogP contribution in [0, 0.1) is 0 Å². The van der Waals surface area contributed by atoms with E-state index in [0.717, 1.165) is 24.9 Å². The summed E-state index contributed by atoms with van der Waals surface area (Å²) in [6.07, 6.45) is 1.81. The smallest absolute Gasteiger partial charge is 0.331 e. The maximum Gasteiger partial charge on any atom is 0.340 e. The number of piperidine rings is 1. The van der Waals surface area contributed by atoms with Crippen molar-refractivity contribution in [1.29, 1.82) is 0 Å². The van der Waals surface area contributed by atoms with E-state index in [2.05, 4.69) is 20.5 Å². The van der Waals surface area contributed by atoms with Crippen molar-refractivity contribution >= 4 is 6.03 Å². The first-order valence-corrected chi connectivity index (χ1v) is 7.88. The molecular formula is C16H21N5O2. The van der Waals surface area contributed by atoms with Crippen molar-refractivity contribution in [3.05, 3.63) is 52.2 Å². The van der Waals surface area contributed by atoms with Gasteiger partial charge in [-0.2, -0.15) is 5.10 Å². The van der Waals surface area contributed by atoms with Crippen LogP contribution in [0.4, 0.5) is 4.79 Å². The van der Waals surface area contributed by atoms with Gasteiger partial charge in [-0.25, -0.2) is 14.7 Å². The molecule has 0 saturated carbocycles. The second-order valence-corrected chi connectivity index (χ2v) is 5.93. The fourth-order valence-corrected chi connectivity index (χ4v) is 2.96. The van der Waals surface area contributed by atoms with Crippen LogP contribution in [0.25, 0.3) is 0 Å².